The minimum Gasteiger partial charge on any atom is -0.484 e. The van der Waals surface area contributed by atoms with E-state index in [1.165, 1.54) is 23.1 Å². The molecule has 1 aromatic heterocycles. The molecule has 0 aliphatic rings. The molecule has 0 atom stereocenters. The van der Waals surface area contributed by atoms with Crippen molar-refractivity contribution in [3.8, 4) is 5.75 Å². The number of nitrogens with one attached hydrogen (secondary N) is 2. The van der Waals surface area contributed by atoms with Gasteiger partial charge in [-0.1, -0.05) is 50.6 Å². The molecule has 29 heavy (non-hydrogen) atoms. The van der Waals surface area contributed by atoms with Gasteiger partial charge in [0.1, 0.15) is 5.75 Å². The van der Waals surface area contributed by atoms with Crippen LogP contribution < -0.4 is 15.4 Å². The van der Waals surface area contributed by atoms with Crippen molar-refractivity contribution in [3.05, 3.63) is 58.0 Å². The summed E-state index contributed by atoms with van der Waals surface area (Å²) in [7, 11) is 0. The number of halogens is 2. The normalized spacial score (nSPS) is 10.4. The van der Waals surface area contributed by atoms with Crippen molar-refractivity contribution in [3.63, 3.8) is 0 Å². The molecule has 0 aliphatic heterocycles. The third kappa shape index (κ3) is 7.32. The van der Waals surface area contributed by atoms with E-state index in [0.29, 0.717) is 25.9 Å². The van der Waals surface area contributed by atoms with E-state index in [2.05, 4.69) is 36.8 Å². The van der Waals surface area contributed by atoms with Gasteiger partial charge in [0.25, 0.3) is 5.91 Å². The molecule has 0 saturated heterocycles. The van der Waals surface area contributed by atoms with Crippen LogP contribution in [0.5, 0.6) is 5.75 Å². The molecule has 7 nitrogen and oxygen atoms in total. The van der Waals surface area contributed by atoms with Crippen molar-refractivity contribution in [2.24, 2.45) is 0 Å². The van der Waals surface area contributed by atoms with Crippen LogP contribution in [-0.2, 0) is 9.59 Å². The maximum Gasteiger partial charge on any atom is 0.264 e. The minimum atomic E-state index is -0.361. The van der Waals surface area contributed by atoms with Crippen molar-refractivity contribution in [2.75, 3.05) is 23.0 Å². The molecular weight excluding hydrogens is 500 g/mol. The molecule has 0 aliphatic carbocycles. The van der Waals surface area contributed by atoms with Crippen molar-refractivity contribution in [1.82, 2.24) is 10.2 Å². The Hall–Kier alpha value is -2.14. The van der Waals surface area contributed by atoms with Crippen LogP contribution in [0.3, 0.4) is 0 Å². The highest BCUT2D eigenvalue weighted by Crippen LogP contribution is 2.25. The monoisotopic (exact) mass is 512 g/mol. The molecule has 2 N–H and O–H groups in total. The third-order valence-electron chi connectivity index (χ3n) is 3.29. The number of benzene rings is 2. The Morgan fingerprint density at radius 3 is 2.48 bits per heavy atom. The number of hydrogen-bond donors (Lipinski definition) is 2. The van der Waals surface area contributed by atoms with Crippen molar-refractivity contribution < 1.29 is 14.3 Å². The van der Waals surface area contributed by atoms with Gasteiger partial charge in [0, 0.05) is 15.2 Å². The zero-order chi connectivity index (χ0) is 20.6. The highest BCUT2D eigenvalue weighted by atomic mass is 79.9. The SMILES string of the molecule is O=C(CSc1nnc(NC(=O)COc2ccc(Cl)cc2)s1)Nc1ccc(Br)cc1. The van der Waals surface area contributed by atoms with E-state index in [9.17, 15) is 9.59 Å². The zero-order valence-corrected chi connectivity index (χ0v) is 18.7. The fraction of sp³-hybridized carbons (Fsp3) is 0.111. The van der Waals surface area contributed by atoms with Gasteiger partial charge in [-0.15, -0.1) is 10.2 Å². The highest BCUT2D eigenvalue weighted by Gasteiger charge is 2.11. The first-order valence-corrected chi connectivity index (χ1v) is 11.2. The number of thioether (sulfide) groups is 1. The first kappa shape index (κ1) is 21.6. The molecule has 0 spiro atoms. The molecule has 3 aromatic rings. The summed E-state index contributed by atoms with van der Waals surface area (Å²) < 4.78 is 6.88. The molecule has 0 saturated carbocycles. The second kappa shape index (κ2) is 10.6. The first-order chi connectivity index (χ1) is 14.0. The molecule has 1 heterocycles. The summed E-state index contributed by atoms with van der Waals surface area (Å²) in [5.74, 6) is 0.197. The lowest BCUT2D eigenvalue weighted by Gasteiger charge is -2.05. The van der Waals surface area contributed by atoms with E-state index in [1.54, 1.807) is 36.4 Å². The Balaban J connectivity index is 1.41. The van der Waals surface area contributed by atoms with Gasteiger partial charge in [0.2, 0.25) is 11.0 Å². The molecule has 3 rings (SSSR count). The summed E-state index contributed by atoms with van der Waals surface area (Å²) in [6.45, 7) is -0.167. The van der Waals surface area contributed by atoms with Gasteiger partial charge in [-0.05, 0) is 48.5 Å². The first-order valence-electron chi connectivity index (χ1n) is 8.18. The molecule has 2 aromatic carbocycles. The average molecular weight is 514 g/mol. The van der Waals surface area contributed by atoms with Gasteiger partial charge in [-0.25, -0.2) is 0 Å². The Morgan fingerprint density at radius 1 is 1.03 bits per heavy atom. The lowest BCUT2D eigenvalue weighted by molar-refractivity contribution is -0.118. The van der Waals surface area contributed by atoms with Crippen LogP contribution in [0.1, 0.15) is 0 Å². The van der Waals surface area contributed by atoms with Crippen LogP contribution in [0.25, 0.3) is 0 Å². The summed E-state index contributed by atoms with van der Waals surface area (Å²) in [6, 6.07) is 14.0. The summed E-state index contributed by atoms with van der Waals surface area (Å²) in [5.41, 5.74) is 0.713. The number of amides is 2. The molecule has 150 valence electrons. The van der Waals surface area contributed by atoms with Crippen LogP contribution in [0.15, 0.2) is 57.3 Å². The fourth-order valence-electron chi connectivity index (χ4n) is 2.01. The lowest BCUT2D eigenvalue weighted by atomic mass is 10.3. The highest BCUT2D eigenvalue weighted by molar-refractivity contribution is 9.10. The van der Waals surface area contributed by atoms with Gasteiger partial charge >= 0.3 is 0 Å². The molecular formula is C18H14BrClN4O3S2. The standard InChI is InChI=1S/C18H14BrClN4O3S2/c19-11-1-5-13(6-2-11)21-16(26)10-28-18-24-23-17(29-18)22-15(25)9-27-14-7-3-12(20)4-8-14/h1-8H,9-10H2,(H,21,26)(H,22,23,25). The lowest BCUT2D eigenvalue weighted by Crippen LogP contribution is -2.20. The topological polar surface area (TPSA) is 93.2 Å². The Kier molecular flexibility index (Phi) is 7.87. The second-order valence-electron chi connectivity index (χ2n) is 5.51. The third-order valence-corrected chi connectivity index (χ3v) is 6.04. The summed E-state index contributed by atoms with van der Waals surface area (Å²) in [4.78, 5) is 24.0. The number of rotatable bonds is 8. The van der Waals surface area contributed by atoms with Gasteiger partial charge in [0.15, 0.2) is 10.9 Å². The Morgan fingerprint density at radius 2 is 1.76 bits per heavy atom. The smallest absolute Gasteiger partial charge is 0.264 e. The van der Waals surface area contributed by atoms with Crippen LogP contribution in [0.2, 0.25) is 5.02 Å². The van der Waals surface area contributed by atoms with Crippen molar-refractivity contribution in [1.29, 1.82) is 0 Å². The molecule has 0 unspecified atom stereocenters. The largest absolute Gasteiger partial charge is 0.484 e. The number of ether oxygens (including phenoxy) is 1. The van der Waals surface area contributed by atoms with Crippen LogP contribution in [0.4, 0.5) is 10.8 Å². The quantitative estimate of drug-likeness (QED) is 0.335. The van der Waals surface area contributed by atoms with E-state index < -0.39 is 0 Å². The van der Waals surface area contributed by atoms with Crippen LogP contribution in [-0.4, -0.2) is 34.4 Å². The number of nitrogens with zero attached hydrogens (tertiary/aromatic N) is 2. The Labute approximate surface area is 188 Å². The van der Waals surface area contributed by atoms with E-state index in [-0.39, 0.29) is 24.2 Å². The second-order valence-corrected chi connectivity index (χ2v) is 9.06. The molecule has 0 fully saturated rings. The summed E-state index contributed by atoms with van der Waals surface area (Å²) in [6.07, 6.45) is 0. The van der Waals surface area contributed by atoms with Crippen LogP contribution in [0, 0.1) is 0 Å². The number of hydrogen-bond acceptors (Lipinski definition) is 7. The number of carbonyl (C=O) groups excluding carboxylic acids is 2. The number of anilines is 2. The van der Waals surface area contributed by atoms with E-state index >= 15 is 0 Å². The summed E-state index contributed by atoms with van der Waals surface area (Å²) in [5, 5.41) is 14.2. The van der Waals surface area contributed by atoms with Gasteiger partial charge in [-0.3, -0.25) is 14.9 Å². The van der Waals surface area contributed by atoms with E-state index in [4.69, 9.17) is 16.3 Å². The zero-order valence-electron chi connectivity index (χ0n) is 14.7. The predicted molar refractivity (Wildman–Crippen MR) is 119 cm³/mol. The van der Waals surface area contributed by atoms with Crippen molar-refractivity contribution in [2.45, 2.75) is 4.34 Å². The predicted octanol–water partition coefficient (Wildman–Crippen LogP) is 4.70. The van der Waals surface area contributed by atoms with Crippen molar-refractivity contribution >= 4 is 73.3 Å². The molecule has 2 amide bonds. The van der Waals surface area contributed by atoms with Crippen LogP contribution >= 0.6 is 50.6 Å². The molecule has 0 radical (unpaired) electrons. The maximum absolute atomic E-state index is 12.0. The van der Waals surface area contributed by atoms with E-state index in [1.807, 2.05) is 12.1 Å². The van der Waals surface area contributed by atoms with E-state index in [0.717, 1.165) is 4.47 Å². The van der Waals surface area contributed by atoms with Gasteiger partial charge in [0.05, 0.1) is 5.75 Å². The Bertz CT molecular complexity index is 984. The van der Waals surface area contributed by atoms with Gasteiger partial charge < -0.3 is 10.1 Å². The molecule has 0 bridgehead atoms. The summed E-state index contributed by atoms with van der Waals surface area (Å²) >= 11 is 11.6. The number of carbonyl (C=O) groups is 2. The minimum absolute atomic E-state index is 0.158. The maximum atomic E-state index is 12.0. The average Bonchev–Trinajstić information content (AvgIpc) is 3.15. The number of aromatic nitrogens is 2. The molecule has 11 heteroatoms. The fourth-order valence-corrected chi connectivity index (χ4v) is 3.97. The van der Waals surface area contributed by atoms with Gasteiger partial charge in [-0.2, -0.15) is 0 Å².